The van der Waals surface area contributed by atoms with E-state index >= 15 is 0 Å². The molecule has 5 heterocycles. The topological polar surface area (TPSA) is 84.3 Å². The molecule has 35 heavy (non-hydrogen) atoms. The van der Waals surface area contributed by atoms with Crippen LogP contribution in [0.5, 0.6) is 5.75 Å². The van der Waals surface area contributed by atoms with Gasteiger partial charge in [-0.25, -0.2) is 8.78 Å². The van der Waals surface area contributed by atoms with Crippen LogP contribution in [-0.2, 0) is 13.0 Å². The van der Waals surface area contributed by atoms with E-state index in [1.54, 1.807) is 6.07 Å². The number of halogens is 2. The maximum absolute atomic E-state index is 14.5. The van der Waals surface area contributed by atoms with Crippen molar-refractivity contribution >= 4 is 22.6 Å². The van der Waals surface area contributed by atoms with E-state index in [0.29, 0.717) is 39.2 Å². The Labute approximate surface area is 201 Å². The number of anilines is 1. The molecule has 2 aromatic heterocycles. The maximum Gasteiger partial charge on any atom is 0.272 e. The van der Waals surface area contributed by atoms with E-state index in [4.69, 9.17) is 4.74 Å². The number of aryl methyl sites for hydroxylation is 1. The molecule has 3 aliphatic rings. The van der Waals surface area contributed by atoms with Crippen LogP contribution in [0.4, 0.5) is 14.5 Å². The van der Waals surface area contributed by atoms with Crippen molar-refractivity contribution in [3.63, 3.8) is 0 Å². The highest BCUT2D eigenvalue weighted by Gasteiger charge is 2.53. The fraction of sp³-hybridized carbons (Fsp3) is 0.480. The summed E-state index contributed by atoms with van der Waals surface area (Å²) in [7, 11) is 0. The normalized spacial score (nSPS) is 25.1. The second kappa shape index (κ2) is 8.44. The van der Waals surface area contributed by atoms with E-state index in [1.165, 1.54) is 0 Å². The molecule has 0 radical (unpaired) electrons. The zero-order valence-electron chi connectivity index (χ0n) is 19.5. The number of piperidine rings is 2. The Hall–Kier alpha value is -3.27. The van der Waals surface area contributed by atoms with Gasteiger partial charge in [0.05, 0.1) is 17.9 Å². The molecule has 8 nitrogen and oxygen atoms in total. The third kappa shape index (κ3) is 3.89. The molecular weight excluding hydrogens is 454 g/mol. The molecule has 2 N–H and O–H groups in total. The molecule has 0 spiro atoms. The quantitative estimate of drug-likeness (QED) is 0.595. The average Bonchev–Trinajstić information content (AvgIpc) is 3.25. The molecule has 2 unspecified atom stereocenters. The Morgan fingerprint density at radius 3 is 2.77 bits per heavy atom. The van der Waals surface area contributed by atoms with Crippen LogP contribution in [-0.4, -0.2) is 65.4 Å². The summed E-state index contributed by atoms with van der Waals surface area (Å²) in [5, 5.41) is 15.3. The van der Waals surface area contributed by atoms with Gasteiger partial charge >= 0.3 is 0 Å². The van der Waals surface area contributed by atoms with Crippen LogP contribution in [0.1, 0.15) is 23.0 Å². The van der Waals surface area contributed by atoms with Gasteiger partial charge in [0, 0.05) is 56.1 Å². The number of carbonyl (C=O) groups is 1. The molecular formula is C25H28F2N6O2. The van der Waals surface area contributed by atoms with Gasteiger partial charge in [-0.1, -0.05) is 6.07 Å². The predicted molar refractivity (Wildman–Crippen MR) is 127 cm³/mol. The number of amides is 1. The first-order chi connectivity index (χ1) is 16.9. The molecule has 0 saturated carbocycles. The van der Waals surface area contributed by atoms with Gasteiger partial charge in [0.2, 0.25) is 0 Å². The summed E-state index contributed by atoms with van der Waals surface area (Å²) in [6.07, 6.45) is 2.55. The summed E-state index contributed by atoms with van der Waals surface area (Å²) in [5.41, 5.74) is 2.92. The Morgan fingerprint density at radius 1 is 1.20 bits per heavy atom. The van der Waals surface area contributed by atoms with Crippen molar-refractivity contribution in [3.8, 4) is 5.75 Å². The summed E-state index contributed by atoms with van der Waals surface area (Å²) in [5.74, 6) is -3.53. The second-order valence-corrected chi connectivity index (χ2v) is 9.72. The van der Waals surface area contributed by atoms with E-state index in [1.807, 2.05) is 46.9 Å². The first-order valence-electron chi connectivity index (χ1n) is 12.1. The van der Waals surface area contributed by atoms with Crippen molar-refractivity contribution in [3.05, 3.63) is 47.8 Å². The van der Waals surface area contributed by atoms with E-state index < -0.39 is 17.8 Å². The number of benzene rings is 1. The lowest BCUT2D eigenvalue weighted by Crippen LogP contribution is -2.62. The van der Waals surface area contributed by atoms with E-state index in [2.05, 4.69) is 20.8 Å². The van der Waals surface area contributed by atoms with Crippen LogP contribution in [0.3, 0.4) is 0 Å². The molecule has 2 saturated heterocycles. The van der Waals surface area contributed by atoms with Crippen molar-refractivity contribution in [2.24, 2.45) is 11.8 Å². The number of nitrogens with one attached hydrogen (secondary N) is 2. The number of hydrogen-bond donors (Lipinski definition) is 2. The fourth-order valence-electron chi connectivity index (χ4n) is 5.49. The number of ether oxygens (including phenoxy) is 1. The minimum absolute atomic E-state index is 0.197. The van der Waals surface area contributed by atoms with Crippen LogP contribution in [0.25, 0.3) is 11.0 Å². The smallest absolute Gasteiger partial charge is 0.272 e. The van der Waals surface area contributed by atoms with Crippen LogP contribution >= 0.6 is 0 Å². The monoisotopic (exact) mass is 482 g/mol. The Morgan fingerprint density at radius 2 is 2.00 bits per heavy atom. The lowest BCUT2D eigenvalue weighted by atomic mass is 9.81. The van der Waals surface area contributed by atoms with Gasteiger partial charge in [-0.05, 0) is 37.1 Å². The van der Waals surface area contributed by atoms with Gasteiger partial charge < -0.3 is 24.8 Å². The fourth-order valence-corrected chi connectivity index (χ4v) is 5.49. The molecule has 1 aromatic carbocycles. The van der Waals surface area contributed by atoms with Crippen LogP contribution in [0.15, 0.2) is 36.5 Å². The molecule has 2 bridgehead atoms. The predicted octanol–water partition coefficient (Wildman–Crippen LogP) is 2.48. The van der Waals surface area contributed by atoms with Crippen molar-refractivity contribution in [2.75, 3.05) is 37.7 Å². The van der Waals surface area contributed by atoms with Crippen LogP contribution in [0.2, 0.25) is 0 Å². The molecule has 10 heteroatoms. The van der Waals surface area contributed by atoms with Gasteiger partial charge in [-0.2, -0.15) is 0 Å². The molecule has 0 aliphatic carbocycles. The summed E-state index contributed by atoms with van der Waals surface area (Å²) in [6, 6.07) is 9.37. The van der Waals surface area contributed by atoms with Gasteiger partial charge in [0.1, 0.15) is 12.4 Å². The summed E-state index contributed by atoms with van der Waals surface area (Å²) in [6.45, 7) is 4.46. The highest BCUT2D eigenvalue weighted by Crippen LogP contribution is 2.42. The minimum atomic E-state index is -2.62. The highest BCUT2D eigenvalue weighted by molar-refractivity contribution is 5.95. The number of aromatic nitrogens is 3. The molecule has 3 aromatic rings. The van der Waals surface area contributed by atoms with Crippen LogP contribution in [0, 0.1) is 11.8 Å². The summed E-state index contributed by atoms with van der Waals surface area (Å²) >= 11 is 0. The largest absolute Gasteiger partial charge is 0.491 e. The molecule has 2 fully saturated rings. The molecule has 1 amide bonds. The minimum Gasteiger partial charge on any atom is -0.491 e. The second-order valence-electron chi connectivity index (χ2n) is 9.72. The van der Waals surface area contributed by atoms with Crippen molar-refractivity contribution in [2.45, 2.75) is 31.9 Å². The molecule has 3 atom stereocenters. The van der Waals surface area contributed by atoms with Crippen molar-refractivity contribution in [1.29, 1.82) is 0 Å². The Kier molecular flexibility index (Phi) is 5.36. The van der Waals surface area contributed by atoms with Gasteiger partial charge in [-0.15, -0.1) is 10.2 Å². The molecule has 6 rings (SSSR count). The van der Waals surface area contributed by atoms with E-state index in [0.717, 1.165) is 34.6 Å². The molecule has 184 valence electrons. The third-order valence-corrected chi connectivity index (χ3v) is 7.49. The Balaban J connectivity index is 1.13. The zero-order chi connectivity index (χ0) is 24.2. The van der Waals surface area contributed by atoms with Crippen molar-refractivity contribution < 1.29 is 18.3 Å². The highest BCUT2D eigenvalue weighted by atomic mass is 19.3. The lowest BCUT2D eigenvalue weighted by molar-refractivity contribution is -0.130. The standard InChI is InChI=1S/C25H28F2N6O2/c1-2-32-6-5-16-8-21(30-31-23(16)32)24(34)29-19-7-15-3-4-20(9-22(15)35-14-19)33-12-17-10-28-11-18(13-33)25(17,26)27/h3-6,8-9,17-19,28H,2,7,10-14H2,1H3,(H,29,34)/t17?,18?,19-/m1/s1. The summed E-state index contributed by atoms with van der Waals surface area (Å²) in [4.78, 5) is 14.9. The lowest BCUT2D eigenvalue weighted by Gasteiger charge is -2.48. The van der Waals surface area contributed by atoms with Crippen molar-refractivity contribution in [1.82, 2.24) is 25.4 Å². The van der Waals surface area contributed by atoms with Gasteiger partial charge in [0.15, 0.2) is 11.3 Å². The number of carbonyl (C=O) groups excluding carboxylic acids is 1. The van der Waals surface area contributed by atoms with E-state index in [9.17, 15) is 13.6 Å². The van der Waals surface area contributed by atoms with Gasteiger partial charge in [-0.3, -0.25) is 4.79 Å². The maximum atomic E-state index is 14.5. The number of hydrogen-bond acceptors (Lipinski definition) is 6. The number of fused-ring (bicyclic) bond motifs is 4. The van der Waals surface area contributed by atoms with Gasteiger partial charge in [0.25, 0.3) is 11.8 Å². The first kappa shape index (κ1) is 22.2. The number of rotatable bonds is 4. The third-order valence-electron chi connectivity index (χ3n) is 7.49. The first-order valence-corrected chi connectivity index (χ1v) is 12.1. The zero-order valence-corrected chi connectivity index (χ0v) is 19.5. The van der Waals surface area contributed by atoms with Crippen LogP contribution < -0.4 is 20.3 Å². The number of nitrogens with zero attached hydrogens (tertiary/aromatic N) is 4. The molecule has 3 aliphatic heterocycles. The average molecular weight is 483 g/mol. The SMILES string of the molecule is CCn1ccc2cc(C(=O)N[C@H]3COc4cc(N5CC6CNCC(C5)C6(F)F)ccc4C3)nnc21. The van der Waals surface area contributed by atoms with E-state index in [-0.39, 0.29) is 17.6 Å². The number of alkyl halides is 2. The Bertz CT molecular complexity index is 1260. The summed E-state index contributed by atoms with van der Waals surface area (Å²) < 4.78 is 37.0.